The number of aryl methyl sites for hydroxylation is 2. The lowest BCUT2D eigenvalue weighted by atomic mass is 10.4. The summed E-state index contributed by atoms with van der Waals surface area (Å²) in [6, 6.07) is 0. The van der Waals surface area contributed by atoms with E-state index >= 15 is 0 Å². The first-order chi connectivity index (χ1) is 9.10. The van der Waals surface area contributed by atoms with E-state index < -0.39 is 0 Å². The summed E-state index contributed by atoms with van der Waals surface area (Å²) in [6.07, 6.45) is 1.04. The molecule has 6 nitrogen and oxygen atoms in total. The molecular formula is C13H27N5O. The zero-order valence-corrected chi connectivity index (χ0v) is 12.6. The molecule has 0 atom stereocenters. The predicted molar refractivity (Wildman–Crippen MR) is 79.5 cm³/mol. The van der Waals surface area contributed by atoms with Crippen LogP contribution in [-0.4, -0.2) is 55.1 Å². The first-order valence-electron chi connectivity index (χ1n) is 6.84. The van der Waals surface area contributed by atoms with E-state index in [1.54, 1.807) is 7.11 Å². The molecule has 0 saturated heterocycles. The van der Waals surface area contributed by atoms with Crippen LogP contribution < -0.4 is 11.1 Å². The van der Waals surface area contributed by atoms with Gasteiger partial charge in [0, 0.05) is 33.3 Å². The number of nitrogen functional groups attached to an aromatic ring is 1. The maximum atomic E-state index is 6.05. The number of methoxy groups -OCH3 is 1. The average Bonchev–Trinajstić information content (AvgIpc) is 2.64. The van der Waals surface area contributed by atoms with E-state index in [9.17, 15) is 0 Å². The zero-order chi connectivity index (χ0) is 14.3. The molecule has 1 rings (SSSR count). The summed E-state index contributed by atoms with van der Waals surface area (Å²) < 4.78 is 7.01. The Balaban J connectivity index is 2.48. The molecule has 6 heteroatoms. The van der Waals surface area contributed by atoms with Crippen molar-refractivity contribution in [2.24, 2.45) is 0 Å². The van der Waals surface area contributed by atoms with Gasteiger partial charge in [-0.3, -0.25) is 0 Å². The Morgan fingerprint density at radius 1 is 1.42 bits per heavy atom. The lowest BCUT2D eigenvalue weighted by molar-refractivity contribution is 0.163. The van der Waals surface area contributed by atoms with E-state index in [-0.39, 0.29) is 0 Å². The molecular weight excluding hydrogens is 242 g/mol. The Morgan fingerprint density at radius 3 is 2.79 bits per heavy atom. The summed E-state index contributed by atoms with van der Waals surface area (Å²) in [5.74, 6) is 0.944. The number of nitrogens with one attached hydrogen (secondary N) is 1. The summed E-state index contributed by atoms with van der Waals surface area (Å²) >= 11 is 0. The third-order valence-electron chi connectivity index (χ3n) is 3.07. The maximum absolute atomic E-state index is 6.05. The van der Waals surface area contributed by atoms with Crippen LogP contribution in [0.15, 0.2) is 0 Å². The minimum absolute atomic E-state index is 0.755. The summed E-state index contributed by atoms with van der Waals surface area (Å²) in [6.45, 7) is 8.44. The number of hydrogen-bond acceptors (Lipinski definition) is 5. The van der Waals surface area contributed by atoms with Crippen LogP contribution in [0.2, 0.25) is 0 Å². The van der Waals surface area contributed by atoms with Crippen LogP contribution >= 0.6 is 0 Å². The summed E-state index contributed by atoms with van der Waals surface area (Å²) in [7, 11) is 3.80. The number of rotatable bonds is 9. The molecule has 0 saturated carbocycles. The minimum atomic E-state index is 0.755. The van der Waals surface area contributed by atoms with Crippen molar-refractivity contribution in [3.63, 3.8) is 0 Å². The van der Waals surface area contributed by atoms with Crippen LogP contribution in [0, 0.1) is 6.92 Å². The number of likely N-dealkylation sites (N-methyl/N-ethyl adjacent to an activating group) is 1. The molecule has 0 aromatic carbocycles. The third kappa shape index (κ3) is 4.72. The van der Waals surface area contributed by atoms with Gasteiger partial charge in [-0.25, -0.2) is 4.68 Å². The van der Waals surface area contributed by atoms with Crippen molar-refractivity contribution < 1.29 is 4.74 Å². The Morgan fingerprint density at radius 2 is 2.16 bits per heavy atom. The fourth-order valence-corrected chi connectivity index (χ4v) is 1.88. The van der Waals surface area contributed by atoms with Crippen LogP contribution in [0.3, 0.4) is 0 Å². The van der Waals surface area contributed by atoms with Crippen molar-refractivity contribution in [2.75, 3.05) is 51.4 Å². The van der Waals surface area contributed by atoms with Gasteiger partial charge in [0.05, 0.1) is 18.0 Å². The number of ether oxygens (including phenoxy) is 1. The monoisotopic (exact) mass is 269 g/mol. The smallest absolute Gasteiger partial charge is 0.148 e. The largest absolute Gasteiger partial charge is 0.394 e. The van der Waals surface area contributed by atoms with Crippen molar-refractivity contribution in [2.45, 2.75) is 26.8 Å². The molecule has 0 aliphatic heterocycles. The van der Waals surface area contributed by atoms with Crippen molar-refractivity contribution in [3.05, 3.63) is 5.69 Å². The quantitative estimate of drug-likeness (QED) is 0.704. The lowest BCUT2D eigenvalue weighted by Gasteiger charge is -2.17. The van der Waals surface area contributed by atoms with Crippen LogP contribution in [0.1, 0.15) is 19.0 Å². The molecule has 1 aromatic heterocycles. The highest BCUT2D eigenvalue weighted by Gasteiger charge is 2.11. The van der Waals surface area contributed by atoms with Gasteiger partial charge >= 0.3 is 0 Å². The maximum Gasteiger partial charge on any atom is 0.148 e. The van der Waals surface area contributed by atoms with E-state index in [0.29, 0.717) is 0 Å². The summed E-state index contributed by atoms with van der Waals surface area (Å²) in [5, 5.41) is 7.83. The van der Waals surface area contributed by atoms with Gasteiger partial charge in [-0.05, 0) is 20.4 Å². The Labute approximate surface area is 115 Å². The molecule has 0 radical (unpaired) electrons. The third-order valence-corrected chi connectivity index (χ3v) is 3.07. The van der Waals surface area contributed by atoms with Gasteiger partial charge in [0.15, 0.2) is 0 Å². The molecule has 0 aliphatic rings. The molecule has 0 spiro atoms. The van der Waals surface area contributed by atoms with Crippen LogP contribution in [0.4, 0.5) is 11.5 Å². The first-order valence-corrected chi connectivity index (χ1v) is 6.84. The van der Waals surface area contributed by atoms with Crippen molar-refractivity contribution in [1.29, 1.82) is 0 Å². The molecule has 110 valence electrons. The SMILES string of the molecule is CCCn1nc(C)c(N)c1NCCN(C)CCOC. The minimum Gasteiger partial charge on any atom is -0.394 e. The van der Waals surface area contributed by atoms with E-state index in [0.717, 1.165) is 56.4 Å². The van der Waals surface area contributed by atoms with E-state index in [2.05, 4.69) is 29.3 Å². The molecule has 0 bridgehead atoms. The molecule has 0 unspecified atom stereocenters. The van der Waals surface area contributed by atoms with Crippen molar-refractivity contribution in [1.82, 2.24) is 14.7 Å². The predicted octanol–water partition coefficient (Wildman–Crippen LogP) is 1.17. The number of nitrogens with two attached hydrogens (primary N) is 1. The Hall–Kier alpha value is -1.27. The number of anilines is 2. The lowest BCUT2D eigenvalue weighted by Crippen LogP contribution is -2.28. The van der Waals surface area contributed by atoms with Crippen LogP contribution in [0.25, 0.3) is 0 Å². The number of aromatic nitrogens is 2. The molecule has 1 heterocycles. The van der Waals surface area contributed by atoms with Crippen LogP contribution in [0.5, 0.6) is 0 Å². The topological polar surface area (TPSA) is 68.3 Å². The van der Waals surface area contributed by atoms with Gasteiger partial charge in [0.2, 0.25) is 0 Å². The van der Waals surface area contributed by atoms with Gasteiger partial charge < -0.3 is 20.7 Å². The number of nitrogens with zero attached hydrogens (tertiary/aromatic N) is 3. The molecule has 3 N–H and O–H groups in total. The second kappa shape index (κ2) is 8.01. The summed E-state index contributed by atoms with van der Waals surface area (Å²) in [5.41, 5.74) is 7.70. The molecule has 0 aliphatic carbocycles. The second-order valence-electron chi connectivity index (χ2n) is 4.79. The highest BCUT2D eigenvalue weighted by Crippen LogP contribution is 2.22. The number of hydrogen-bond donors (Lipinski definition) is 2. The molecule has 19 heavy (non-hydrogen) atoms. The zero-order valence-electron chi connectivity index (χ0n) is 12.6. The Kier molecular flexibility index (Phi) is 6.66. The van der Waals surface area contributed by atoms with E-state index in [4.69, 9.17) is 10.5 Å². The van der Waals surface area contributed by atoms with Crippen molar-refractivity contribution in [3.8, 4) is 0 Å². The van der Waals surface area contributed by atoms with Gasteiger partial charge in [0.1, 0.15) is 5.82 Å². The molecule has 0 fully saturated rings. The van der Waals surface area contributed by atoms with Gasteiger partial charge in [-0.15, -0.1) is 0 Å². The van der Waals surface area contributed by atoms with Crippen molar-refractivity contribution >= 4 is 11.5 Å². The van der Waals surface area contributed by atoms with Crippen LogP contribution in [-0.2, 0) is 11.3 Å². The molecule has 1 aromatic rings. The average molecular weight is 269 g/mol. The highest BCUT2D eigenvalue weighted by molar-refractivity contribution is 5.64. The highest BCUT2D eigenvalue weighted by atomic mass is 16.5. The second-order valence-corrected chi connectivity index (χ2v) is 4.79. The normalized spacial score (nSPS) is 11.2. The molecule has 0 amide bonds. The Bertz CT molecular complexity index is 377. The van der Waals surface area contributed by atoms with E-state index in [1.807, 2.05) is 11.6 Å². The van der Waals surface area contributed by atoms with Gasteiger partial charge in [-0.2, -0.15) is 5.10 Å². The van der Waals surface area contributed by atoms with E-state index in [1.165, 1.54) is 0 Å². The fraction of sp³-hybridized carbons (Fsp3) is 0.769. The standard InChI is InChI=1S/C13H27N5O/c1-5-7-18-13(12(14)11(2)16-18)15-6-8-17(3)9-10-19-4/h15H,5-10,14H2,1-4H3. The summed E-state index contributed by atoms with van der Waals surface area (Å²) in [4.78, 5) is 2.22. The van der Waals surface area contributed by atoms with Gasteiger partial charge in [0.25, 0.3) is 0 Å². The van der Waals surface area contributed by atoms with Gasteiger partial charge in [-0.1, -0.05) is 6.92 Å². The fourth-order valence-electron chi connectivity index (χ4n) is 1.88. The first kappa shape index (κ1) is 15.8.